The number of ether oxygens (including phenoxy) is 1. The molecule has 0 aromatic heterocycles. The molecule has 1 aromatic carbocycles. The highest BCUT2D eigenvalue weighted by atomic mass is 16.6. The van der Waals surface area contributed by atoms with Crippen molar-refractivity contribution in [3.05, 3.63) is 29.3 Å². The van der Waals surface area contributed by atoms with Crippen molar-refractivity contribution in [3.63, 3.8) is 0 Å². The van der Waals surface area contributed by atoms with Crippen molar-refractivity contribution in [2.24, 2.45) is 0 Å². The Morgan fingerprint density at radius 3 is 2.24 bits per heavy atom. The van der Waals surface area contributed by atoms with Gasteiger partial charge in [0.2, 0.25) is 0 Å². The highest BCUT2D eigenvalue weighted by molar-refractivity contribution is 5.45. The van der Waals surface area contributed by atoms with Gasteiger partial charge in [-0.3, -0.25) is 0 Å². The molecule has 0 heterocycles. The molecule has 7 N–H and O–H groups in total. The van der Waals surface area contributed by atoms with Crippen molar-refractivity contribution in [2.45, 2.75) is 44.6 Å². The number of hydrogen-bond donors (Lipinski definition) is 6. The topological polar surface area (TPSA) is 136 Å². The summed E-state index contributed by atoms with van der Waals surface area (Å²) in [5.74, 6) is 0. The quantitative estimate of drug-likeness (QED) is 0.282. The Kier molecular flexibility index (Phi) is 6.53. The lowest BCUT2D eigenvalue weighted by atomic mass is 9.98. The van der Waals surface area contributed by atoms with Crippen LogP contribution < -0.4 is 5.73 Å². The van der Waals surface area contributed by atoms with Gasteiger partial charge in [-0.25, -0.2) is 0 Å². The summed E-state index contributed by atoms with van der Waals surface area (Å²) in [5.41, 5.74) is 7.23. The number of nitrogen functional groups attached to an aromatic ring is 1. The maximum absolute atomic E-state index is 10.3. The van der Waals surface area contributed by atoms with Crippen molar-refractivity contribution < 1.29 is 30.3 Å². The van der Waals surface area contributed by atoms with E-state index in [0.29, 0.717) is 16.8 Å². The van der Waals surface area contributed by atoms with E-state index < -0.39 is 37.3 Å². The summed E-state index contributed by atoms with van der Waals surface area (Å²) < 4.78 is 5.24. The molecule has 4 atom stereocenters. The summed E-state index contributed by atoms with van der Waals surface area (Å²) in [5, 5.41) is 47.7. The molecular formula is C14H23NO6. The molecule has 7 nitrogen and oxygen atoms in total. The van der Waals surface area contributed by atoms with Gasteiger partial charge in [-0.1, -0.05) is 6.07 Å². The fourth-order valence-electron chi connectivity index (χ4n) is 2.03. The summed E-state index contributed by atoms with van der Waals surface area (Å²) in [6.45, 7) is 2.59. The summed E-state index contributed by atoms with van der Waals surface area (Å²) in [6, 6.07) is 4.77. The number of aryl methyl sites for hydroxylation is 1. The second kappa shape index (κ2) is 7.69. The molecule has 0 saturated heterocycles. The van der Waals surface area contributed by atoms with E-state index in [4.69, 9.17) is 15.6 Å². The molecule has 4 unspecified atom stereocenters. The van der Waals surface area contributed by atoms with Gasteiger partial charge in [0.05, 0.1) is 12.7 Å². The SMILES string of the molecule is Cc1cc(N)ccc1C(O)C(OC(CO)C(C)O)C(O)O. The highest BCUT2D eigenvalue weighted by Crippen LogP contribution is 2.26. The Morgan fingerprint density at radius 1 is 1.19 bits per heavy atom. The van der Waals surface area contributed by atoms with Crippen LogP contribution in [-0.4, -0.2) is 56.7 Å². The number of benzene rings is 1. The molecular weight excluding hydrogens is 278 g/mol. The zero-order valence-corrected chi connectivity index (χ0v) is 12.0. The Balaban J connectivity index is 2.99. The first kappa shape index (κ1) is 17.8. The largest absolute Gasteiger partial charge is 0.399 e. The molecule has 7 heteroatoms. The van der Waals surface area contributed by atoms with Crippen molar-refractivity contribution in [3.8, 4) is 0 Å². The number of aliphatic hydroxyl groups is 5. The Labute approximate surface area is 123 Å². The fourth-order valence-corrected chi connectivity index (χ4v) is 2.03. The molecule has 1 aromatic rings. The monoisotopic (exact) mass is 301 g/mol. The van der Waals surface area contributed by atoms with E-state index in [0.717, 1.165) is 0 Å². The van der Waals surface area contributed by atoms with Gasteiger partial charge < -0.3 is 36.0 Å². The highest BCUT2D eigenvalue weighted by Gasteiger charge is 2.32. The van der Waals surface area contributed by atoms with Gasteiger partial charge in [0, 0.05) is 5.69 Å². The van der Waals surface area contributed by atoms with E-state index >= 15 is 0 Å². The molecule has 0 spiro atoms. The van der Waals surface area contributed by atoms with E-state index in [1.165, 1.54) is 6.92 Å². The minimum atomic E-state index is -1.98. The van der Waals surface area contributed by atoms with Crippen molar-refractivity contribution >= 4 is 5.69 Å². The van der Waals surface area contributed by atoms with Crippen LogP contribution in [0.4, 0.5) is 5.69 Å². The third-order valence-corrected chi connectivity index (χ3v) is 3.27. The standard InChI is InChI=1S/C14H23NO6/c1-7-5-9(15)3-4-10(7)12(18)13(14(19)20)21-11(6-16)8(2)17/h3-5,8,11-14,16-20H,6,15H2,1-2H3. The zero-order chi connectivity index (χ0) is 16.2. The van der Waals surface area contributed by atoms with Crippen LogP contribution in [0.25, 0.3) is 0 Å². The molecule has 120 valence electrons. The minimum Gasteiger partial charge on any atom is -0.399 e. The number of hydrogen-bond acceptors (Lipinski definition) is 7. The predicted octanol–water partition coefficient (Wildman–Crippen LogP) is -0.952. The molecule has 0 radical (unpaired) electrons. The number of rotatable bonds is 7. The lowest BCUT2D eigenvalue weighted by Gasteiger charge is -2.30. The Hall–Kier alpha value is -1.22. The first-order valence-electron chi connectivity index (χ1n) is 6.62. The van der Waals surface area contributed by atoms with Crippen LogP contribution in [0.3, 0.4) is 0 Å². The van der Waals surface area contributed by atoms with E-state index in [1.807, 2.05) is 0 Å². The van der Waals surface area contributed by atoms with Gasteiger partial charge in [0.15, 0.2) is 6.29 Å². The first-order chi connectivity index (χ1) is 9.77. The minimum absolute atomic E-state index is 0.421. The van der Waals surface area contributed by atoms with Gasteiger partial charge in [-0.15, -0.1) is 0 Å². The molecule has 21 heavy (non-hydrogen) atoms. The van der Waals surface area contributed by atoms with E-state index in [9.17, 15) is 20.4 Å². The van der Waals surface area contributed by atoms with Gasteiger partial charge in [0.25, 0.3) is 0 Å². The zero-order valence-electron chi connectivity index (χ0n) is 12.0. The third-order valence-electron chi connectivity index (χ3n) is 3.27. The maximum atomic E-state index is 10.3. The lowest BCUT2D eigenvalue weighted by molar-refractivity contribution is -0.216. The van der Waals surface area contributed by atoms with Gasteiger partial charge in [-0.2, -0.15) is 0 Å². The lowest BCUT2D eigenvalue weighted by Crippen LogP contribution is -2.42. The first-order valence-corrected chi connectivity index (χ1v) is 6.62. The second-order valence-corrected chi connectivity index (χ2v) is 5.04. The van der Waals surface area contributed by atoms with Crippen molar-refractivity contribution in [1.29, 1.82) is 0 Å². The molecule has 0 bridgehead atoms. The van der Waals surface area contributed by atoms with Crippen molar-refractivity contribution in [2.75, 3.05) is 12.3 Å². The molecule has 0 saturated carbocycles. The molecule has 0 aliphatic rings. The number of aliphatic hydroxyl groups excluding tert-OH is 4. The average molecular weight is 301 g/mol. The van der Waals surface area contributed by atoms with Crippen LogP contribution in [0.5, 0.6) is 0 Å². The van der Waals surface area contributed by atoms with Crippen LogP contribution in [0, 0.1) is 6.92 Å². The predicted molar refractivity (Wildman–Crippen MR) is 76.2 cm³/mol. The van der Waals surface area contributed by atoms with Gasteiger partial charge in [-0.05, 0) is 37.1 Å². The maximum Gasteiger partial charge on any atom is 0.181 e. The van der Waals surface area contributed by atoms with Crippen molar-refractivity contribution in [1.82, 2.24) is 0 Å². The van der Waals surface area contributed by atoms with Crippen LogP contribution in [0.15, 0.2) is 18.2 Å². The molecule has 0 amide bonds. The summed E-state index contributed by atoms with van der Waals surface area (Å²) >= 11 is 0. The molecule has 0 aliphatic carbocycles. The second-order valence-electron chi connectivity index (χ2n) is 5.04. The van der Waals surface area contributed by atoms with E-state index in [-0.39, 0.29) is 0 Å². The Morgan fingerprint density at radius 2 is 1.81 bits per heavy atom. The number of nitrogens with two attached hydrogens (primary N) is 1. The Bertz CT molecular complexity index is 451. The fraction of sp³-hybridized carbons (Fsp3) is 0.571. The summed E-state index contributed by atoms with van der Waals surface area (Å²) in [7, 11) is 0. The summed E-state index contributed by atoms with van der Waals surface area (Å²) in [6.07, 6.45) is -6.82. The van der Waals surface area contributed by atoms with E-state index in [1.54, 1.807) is 25.1 Å². The number of anilines is 1. The van der Waals surface area contributed by atoms with Crippen LogP contribution >= 0.6 is 0 Å². The average Bonchev–Trinajstić information content (AvgIpc) is 2.38. The van der Waals surface area contributed by atoms with E-state index in [2.05, 4.69) is 0 Å². The summed E-state index contributed by atoms with van der Waals surface area (Å²) in [4.78, 5) is 0. The third kappa shape index (κ3) is 4.63. The van der Waals surface area contributed by atoms with Crippen LogP contribution in [0.2, 0.25) is 0 Å². The molecule has 0 fully saturated rings. The normalized spacial score (nSPS) is 17.5. The van der Waals surface area contributed by atoms with Gasteiger partial charge >= 0.3 is 0 Å². The van der Waals surface area contributed by atoms with Crippen LogP contribution in [-0.2, 0) is 4.74 Å². The molecule has 0 aliphatic heterocycles. The van der Waals surface area contributed by atoms with Crippen LogP contribution in [0.1, 0.15) is 24.2 Å². The van der Waals surface area contributed by atoms with Gasteiger partial charge in [0.1, 0.15) is 18.3 Å². The molecule has 1 rings (SSSR count). The smallest absolute Gasteiger partial charge is 0.181 e.